The molecule has 0 fully saturated rings. The van der Waals surface area contributed by atoms with E-state index in [1.165, 1.54) is 0 Å². The number of H-pyrrole nitrogens is 1. The molecular weight excluding hydrogens is 367 g/mol. The highest BCUT2D eigenvalue weighted by Gasteiger charge is 2.33. The molecule has 10 heteroatoms. The van der Waals surface area contributed by atoms with Gasteiger partial charge in [-0.15, -0.1) is 0 Å². The molecule has 0 aliphatic heterocycles. The maximum atomic E-state index is 12.6. The first-order chi connectivity index (χ1) is 11.3. The van der Waals surface area contributed by atoms with Crippen molar-refractivity contribution >= 4 is 29.3 Å². The molecule has 0 aliphatic carbocycles. The smallest absolute Gasteiger partial charge is 0.351 e. The van der Waals surface area contributed by atoms with E-state index >= 15 is 0 Å². The Kier molecular flexibility index (Phi) is 5.89. The lowest BCUT2D eigenvalue weighted by Crippen LogP contribution is -2.25. The molecule has 0 spiro atoms. The van der Waals surface area contributed by atoms with Crippen LogP contribution in [0.2, 0.25) is 5.02 Å². The minimum Gasteiger partial charge on any atom is -0.351 e. The Morgan fingerprint density at radius 1 is 1.33 bits per heavy atom. The van der Waals surface area contributed by atoms with E-state index in [2.05, 4.69) is 15.3 Å². The van der Waals surface area contributed by atoms with Crippen molar-refractivity contribution < 1.29 is 18.0 Å². The molecule has 1 amide bonds. The van der Waals surface area contributed by atoms with E-state index in [1.807, 2.05) is 0 Å². The molecule has 2 aromatic rings. The molecule has 24 heavy (non-hydrogen) atoms. The minimum atomic E-state index is -4.73. The van der Waals surface area contributed by atoms with E-state index in [4.69, 9.17) is 11.6 Å². The standard InChI is InChI=1S/C14H11ClF3N3O2S/c15-9-4-2-1-3-8(9)6-19-12(23)7-24-13-20-10(14(16,17)18)5-11(22)21-13/h1-5H,6-7H2,(H,19,23)(H,20,21,22). The average molecular weight is 378 g/mol. The van der Waals surface area contributed by atoms with Crippen LogP contribution in [0.1, 0.15) is 11.3 Å². The highest BCUT2D eigenvalue weighted by atomic mass is 35.5. The molecule has 0 atom stereocenters. The summed E-state index contributed by atoms with van der Waals surface area (Å²) in [6.45, 7) is 0.186. The number of carbonyl (C=O) groups excluding carboxylic acids is 1. The molecule has 0 aliphatic rings. The molecular formula is C14H11ClF3N3O2S. The van der Waals surface area contributed by atoms with Crippen LogP contribution in [0, 0.1) is 0 Å². The lowest BCUT2D eigenvalue weighted by atomic mass is 10.2. The summed E-state index contributed by atoms with van der Waals surface area (Å²) in [5.41, 5.74) is -1.52. The topological polar surface area (TPSA) is 74.8 Å². The molecule has 2 rings (SSSR count). The third-order valence-electron chi connectivity index (χ3n) is 2.78. The number of benzene rings is 1. The van der Waals surface area contributed by atoms with Crippen molar-refractivity contribution in [1.82, 2.24) is 15.3 Å². The van der Waals surface area contributed by atoms with Crippen molar-refractivity contribution in [1.29, 1.82) is 0 Å². The van der Waals surface area contributed by atoms with Crippen LogP contribution in [0.15, 0.2) is 40.3 Å². The highest BCUT2D eigenvalue weighted by molar-refractivity contribution is 7.99. The molecule has 1 heterocycles. The molecule has 0 unspecified atom stereocenters. The monoisotopic (exact) mass is 377 g/mol. The van der Waals surface area contributed by atoms with E-state index in [-0.39, 0.29) is 17.5 Å². The number of rotatable bonds is 5. The van der Waals surface area contributed by atoms with Crippen LogP contribution in [0.5, 0.6) is 0 Å². The Morgan fingerprint density at radius 2 is 2.04 bits per heavy atom. The van der Waals surface area contributed by atoms with Gasteiger partial charge in [0, 0.05) is 17.6 Å². The zero-order valence-electron chi connectivity index (χ0n) is 12.0. The number of nitrogens with zero attached hydrogens (tertiary/aromatic N) is 1. The summed E-state index contributed by atoms with van der Waals surface area (Å²) in [4.78, 5) is 28.4. The van der Waals surface area contributed by atoms with Crippen molar-refractivity contribution in [2.75, 3.05) is 5.75 Å². The lowest BCUT2D eigenvalue weighted by Gasteiger charge is -2.08. The number of aromatic amines is 1. The first-order valence-corrected chi connectivity index (χ1v) is 7.93. The number of carbonyl (C=O) groups is 1. The summed E-state index contributed by atoms with van der Waals surface area (Å²) in [6.07, 6.45) is -4.73. The Bertz CT molecular complexity index is 795. The molecule has 5 nitrogen and oxygen atoms in total. The van der Waals surface area contributed by atoms with Crippen molar-refractivity contribution in [3.05, 3.63) is 57.0 Å². The maximum Gasteiger partial charge on any atom is 0.433 e. The summed E-state index contributed by atoms with van der Waals surface area (Å²) in [6, 6.07) is 7.29. The van der Waals surface area contributed by atoms with Crippen LogP contribution in [-0.2, 0) is 17.5 Å². The zero-order valence-corrected chi connectivity index (χ0v) is 13.6. The van der Waals surface area contributed by atoms with Crippen LogP contribution in [0.4, 0.5) is 13.2 Å². The quantitative estimate of drug-likeness (QED) is 0.620. The summed E-state index contributed by atoms with van der Waals surface area (Å²) in [5, 5.41) is 2.80. The maximum absolute atomic E-state index is 12.6. The predicted octanol–water partition coefficient (Wildman–Crippen LogP) is 2.85. The molecule has 1 aromatic carbocycles. The normalized spacial score (nSPS) is 11.3. The van der Waals surface area contributed by atoms with Gasteiger partial charge < -0.3 is 10.3 Å². The Balaban J connectivity index is 1.93. The Labute approximate surface area is 143 Å². The van der Waals surface area contributed by atoms with Gasteiger partial charge in [-0.2, -0.15) is 13.2 Å². The van der Waals surface area contributed by atoms with Crippen molar-refractivity contribution in [3.8, 4) is 0 Å². The minimum absolute atomic E-state index is 0.186. The van der Waals surface area contributed by atoms with Gasteiger partial charge >= 0.3 is 6.18 Å². The van der Waals surface area contributed by atoms with Gasteiger partial charge in [0.05, 0.1) is 5.75 Å². The highest BCUT2D eigenvalue weighted by Crippen LogP contribution is 2.27. The molecule has 2 N–H and O–H groups in total. The van der Waals surface area contributed by atoms with Gasteiger partial charge in [0.1, 0.15) is 0 Å². The first-order valence-electron chi connectivity index (χ1n) is 6.57. The number of hydrogen-bond acceptors (Lipinski definition) is 4. The second kappa shape index (κ2) is 7.71. The fraction of sp³-hybridized carbons (Fsp3) is 0.214. The van der Waals surface area contributed by atoms with Gasteiger partial charge in [-0.25, -0.2) is 4.98 Å². The molecule has 0 saturated carbocycles. The third-order valence-corrected chi connectivity index (χ3v) is 4.03. The van der Waals surface area contributed by atoms with E-state index in [0.29, 0.717) is 28.4 Å². The van der Waals surface area contributed by atoms with Crippen LogP contribution in [0.3, 0.4) is 0 Å². The fourth-order valence-electron chi connectivity index (χ4n) is 1.67. The third kappa shape index (κ3) is 5.27. The SMILES string of the molecule is O=C(CSc1nc(C(F)(F)F)cc(=O)[nH]1)NCc1ccccc1Cl. The summed E-state index contributed by atoms with van der Waals surface area (Å²) in [5.74, 6) is -0.630. The average Bonchev–Trinajstić information content (AvgIpc) is 2.51. The number of halogens is 4. The fourth-order valence-corrected chi connectivity index (χ4v) is 2.58. The van der Waals surface area contributed by atoms with Crippen molar-refractivity contribution in [2.24, 2.45) is 0 Å². The van der Waals surface area contributed by atoms with Crippen molar-refractivity contribution in [2.45, 2.75) is 17.9 Å². The molecule has 0 saturated heterocycles. The van der Waals surface area contributed by atoms with Gasteiger partial charge in [-0.05, 0) is 11.6 Å². The van der Waals surface area contributed by atoms with Gasteiger partial charge in [0.2, 0.25) is 5.91 Å². The van der Waals surface area contributed by atoms with E-state index in [1.54, 1.807) is 24.3 Å². The van der Waals surface area contributed by atoms with Gasteiger partial charge in [0.15, 0.2) is 10.9 Å². The summed E-state index contributed by atoms with van der Waals surface area (Å²) >= 11 is 6.65. The number of thioether (sulfide) groups is 1. The number of amides is 1. The molecule has 0 radical (unpaired) electrons. The zero-order chi connectivity index (χ0) is 17.7. The van der Waals surface area contributed by atoms with E-state index in [9.17, 15) is 22.8 Å². The van der Waals surface area contributed by atoms with Gasteiger partial charge in [-0.3, -0.25) is 9.59 Å². The number of hydrogen-bond donors (Lipinski definition) is 2. The molecule has 128 valence electrons. The Morgan fingerprint density at radius 3 is 2.71 bits per heavy atom. The first kappa shape index (κ1) is 18.3. The van der Waals surface area contributed by atoms with Gasteiger partial charge in [-0.1, -0.05) is 41.6 Å². The summed E-state index contributed by atoms with van der Waals surface area (Å²) < 4.78 is 37.7. The largest absolute Gasteiger partial charge is 0.433 e. The van der Waals surface area contributed by atoms with E-state index in [0.717, 1.165) is 0 Å². The number of aromatic nitrogens is 2. The van der Waals surface area contributed by atoms with Crippen LogP contribution < -0.4 is 10.9 Å². The molecule has 0 bridgehead atoms. The van der Waals surface area contributed by atoms with E-state index < -0.39 is 23.3 Å². The lowest BCUT2D eigenvalue weighted by molar-refractivity contribution is -0.141. The van der Waals surface area contributed by atoms with Crippen molar-refractivity contribution in [3.63, 3.8) is 0 Å². The predicted molar refractivity (Wildman–Crippen MR) is 83.9 cm³/mol. The Hall–Kier alpha value is -2.00. The second-order valence-corrected chi connectivity index (χ2v) is 5.96. The second-order valence-electron chi connectivity index (χ2n) is 4.59. The van der Waals surface area contributed by atoms with Crippen LogP contribution >= 0.6 is 23.4 Å². The summed E-state index contributed by atoms with van der Waals surface area (Å²) in [7, 11) is 0. The number of alkyl halides is 3. The van der Waals surface area contributed by atoms with Crippen LogP contribution in [-0.4, -0.2) is 21.6 Å². The molecule has 1 aromatic heterocycles. The van der Waals surface area contributed by atoms with Gasteiger partial charge in [0.25, 0.3) is 5.56 Å². The van der Waals surface area contributed by atoms with Crippen LogP contribution in [0.25, 0.3) is 0 Å². The number of nitrogens with one attached hydrogen (secondary N) is 2.